The van der Waals surface area contributed by atoms with E-state index in [4.69, 9.17) is 23.2 Å². The highest BCUT2D eigenvalue weighted by atomic mass is 79.9. The fourth-order valence-corrected chi connectivity index (χ4v) is 3.58. The van der Waals surface area contributed by atoms with Crippen LogP contribution in [0.5, 0.6) is 0 Å². The molecule has 2 rings (SSSR count). The smallest absolute Gasteiger partial charge is 0.199 e. The number of halogens is 3. The van der Waals surface area contributed by atoms with Crippen molar-refractivity contribution in [1.82, 2.24) is 0 Å². The summed E-state index contributed by atoms with van der Waals surface area (Å²) < 4.78 is 28.3. The van der Waals surface area contributed by atoms with E-state index in [1.54, 1.807) is 36.4 Å². The molecule has 0 spiro atoms. The number of hydrogen-bond donors (Lipinski definition) is 0. The van der Waals surface area contributed by atoms with Gasteiger partial charge in [-0.2, -0.15) is 12.8 Å². The van der Waals surface area contributed by atoms with Crippen LogP contribution in [-0.4, -0.2) is 14.6 Å². The van der Waals surface area contributed by atoms with E-state index >= 15 is 0 Å². The maximum atomic E-state index is 12.1. The Kier molecular flexibility index (Phi) is 4.86. The molecule has 2 aromatic carbocycles. The fraction of sp³-hybridized carbons (Fsp3) is 0. The van der Waals surface area contributed by atoms with E-state index in [2.05, 4.69) is 20.3 Å². The molecule has 0 radical (unpaired) electrons. The minimum absolute atomic E-state index is 0.108. The average Bonchev–Trinajstić information content (AvgIpc) is 2.40. The molecule has 0 aliphatic carbocycles. The Hall–Kier alpha value is -0.880. The summed E-state index contributed by atoms with van der Waals surface area (Å²) in [6, 6.07) is 11.2. The highest BCUT2D eigenvalue weighted by Gasteiger charge is 2.14. The lowest BCUT2D eigenvalue weighted by Gasteiger charge is -2.01. The van der Waals surface area contributed by atoms with Crippen molar-refractivity contribution in [3.63, 3.8) is 0 Å². The van der Waals surface area contributed by atoms with Gasteiger partial charge in [-0.3, -0.25) is 0 Å². The van der Waals surface area contributed by atoms with Crippen LogP contribution >= 0.6 is 39.1 Å². The van der Waals surface area contributed by atoms with E-state index in [-0.39, 0.29) is 4.90 Å². The topological polar surface area (TPSA) is 46.5 Å². The van der Waals surface area contributed by atoms with E-state index in [0.29, 0.717) is 20.1 Å². The second kappa shape index (κ2) is 6.26. The van der Waals surface area contributed by atoms with Crippen LogP contribution in [0.2, 0.25) is 10.0 Å². The first-order chi connectivity index (χ1) is 9.40. The van der Waals surface area contributed by atoms with Gasteiger partial charge in [0.05, 0.1) is 10.0 Å². The van der Waals surface area contributed by atoms with Crippen molar-refractivity contribution in [2.45, 2.75) is 4.90 Å². The Bertz CT molecular complexity index is 776. The Morgan fingerprint density at radius 1 is 1.05 bits per heavy atom. The van der Waals surface area contributed by atoms with E-state index < -0.39 is 10.0 Å². The van der Waals surface area contributed by atoms with Crippen LogP contribution in [0.25, 0.3) is 0 Å². The molecule has 104 valence electrons. The summed E-state index contributed by atoms with van der Waals surface area (Å²) in [6.45, 7) is 0. The van der Waals surface area contributed by atoms with Gasteiger partial charge >= 0.3 is 0 Å². The van der Waals surface area contributed by atoms with Crippen molar-refractivity contribution in [2.24, 2.45) is 4.40 Å². The molecule has 0 saturated carbocycles. The third kappa shape index (κ3) is 3.61. The number of hydrogen-bond acceptors (Lipinski definition) is 2. The molecule has 0 bridgehead atoms. The zero-order valence-electron chi connectivity index (χ0n) is 9.92. The van der Waals surface area contributed by atoms with Crippen molar-refractivity contribution < 1.29 is 8.42 Å². The van der Waals surface area contributed by atoms with Gasteiger partial charge in [-0.15, -0.1) is 0 Å². The van der Waals surface area contributed by atoms with Crippen molar-refractivity contribution in [1.29, 1.82) is 0 Å². The third-order valence-electron chi connectivity index (χ3n) is 2.40. The molecule has 7 heteroatoms. The largest absolute Gasteiger partial charge is 0.283 e. The van der Waals surface area contributed by atoms with Gasteiger partial charge in [0.25, 0.3) is 10.0 Å². The van der Waals surface area contributed by atoms with Crippen LogP contribution in [-0.2, 0) is 10.0 Å². The van der Waals surface area contributed by atoms with E-state index in [0.717, 1.165) is 0 Å². The molecule has 0 heterocycles. The van der Waals surface area contributed by atoms with Gasteiger partial charge < -0.3 is 0 Å². The summed E-state index contributed by atoms with van der Waals surface area (Å²) in [5.41, 5.74) is 0.551. The van der Waals surface area contributed by atoms with Crippen molar-refractivity contribution in [3.8, 4) is 0 Å². The first kappa shape index (κ1) is 15.5. The lowest BCUT2D eigenvalue weighted by Crippen LogP contribution is -1.98. The number of rotatable bonds is 3. The fourth-order valence-electron chi connectivity index (χ4n) is 1.43. The van der Waals surface area contributed by atoms with Gasteiger partial charge in [0.2, 0.25) is 0 Å². The molecule has 2 aromatic rings. The van der Waals surface area contributed by atoms with Gasteiger partial charge in [-0.1, -0.05) is 41.4 Å². The van der Waals surface area contributed by atoms with Gasteiger partial charge in [0, 0.05) is 10.7 Å². The van der Waals surface area contributed by atoms with Crippen molar-refractivity contribution >= 4 is 55.4 Å². The Balaban J connectivity index is 2.35. The van der Waals surface area contributed by atoms with Gasteiger partial charge in [-0.25, -0.2) is 0 Å². The predicted molar refractivity (Wildman–Crippen MR) is 85.4 cm³/mol. The Morgan fingerprint density at radius 2 is 1.75 bits per heavy atom. The lowest BCUT2D eigenvalue weighted by molar-refractivity contribution is 0.597. The summed E-state index contributed by atoms with van der Waals surface area (Å²) in [7, 11) is -3.77. The summed E-state index contributed by atoms with van der Waals surface area (Å²) in [6.07, 6.45) is 1.23. The Labute approximate surface area is 135 Å². The van der Waals surface area contributed by atoms with Crippen LogP contribution in [0.4, 0.5) is 0 Å². The highest BCUT2D eigenvalue weighted by molar-refractivity contribution is 9.10. The summed E-state index contributed by atoms with van der Waals surface area (Å²) in [4.78, 5) is 0.108. The first-order valence-electron chi connectivity index (χ1n) is 5.40. The number of sulfonamides is 1. The van der Waals surface area contributed by atoms with Gasteiger partial charge in [-0.05, 0) is 45.8 Å². The zero-order valence-corrected chi connectivity index (χ0v) is 13.8. The van der Waals surface area contributed by atoms with Crippen LogP contribution in [0.15, 0.2) is 56.2 Å². The SMILES string of the molecule is O=S(=O)(/N=C/c1ccc(Cl)c(Cl)c1)c1ccccc1Br. The second-order valence-corrected chi connectivity index (χ2v) is 7.08. The third-order valence-corrected chi connectivity index (χ3v) is 5.39. The van der Waals surface area contributed by atoms with Crippen LogP contribution < -0.4 is 0 Å². The molecular weight excluding hydrogens is 385 g/mol. The molecule has 0 aliphatic heterocycles. The standard InChI is InChI=1S/C13H8BrCl2NO2S/c14-10-3-1-2-4-13(10)20(18,19)17-8-9-5-6-11(15)12(16)7-9/h1-8H/b17-8+. The molecule has 3 nitrogen and oxygen atoms in total. The molecule has 0 unspecified atom stereocenters. The summed E-state index contributed by atoms with van der Waals surface area (Å²) >= 11 is 14.8. The second-order valence-electron chi connectivity index (χ2n) is 3.81. The quantitative estimate of drug-likeness (QED) is 0.718. The molecular formula is C13H8BrCl2NO2S. The molecule has 20 heavy (non-hydrogen) atoms. The minimum Gasteiger partial charge on any atom is -0.199 e. The van der Waals surface area contributed by atoms with E-state index in [1.165, 1.54) is 12.3 Å². The molecule has 0 N–H and O–H groups in total. The normalized spacial score (nSPS) is 11.9. The maximum absolute atomic E-state index is 12.1. The molecule has 0 amide bonds. The number of nitrogens with zero attached hydrogens (tertiary/aromatic N) is 1. The van der Waals surface area contributed by atoms with Crippen molar-refractivity contribution in [3.05, 3.63) is 62.5 Å². The van der Waals surface area contributed by atoms with Gasteiger partial charge in [0.1, 0.15) is 4.90 Å². The highest BCUT2D eigenvalue weighted by Crippen LogP contribution is 2.24. The molecule has 0 atom stereocenters. The van der Waals surface area contributed by atoms with Crippen LogP contribution in [0.1, 0.15) is 5.56 Å². The molecule has 0 fully saturated rings. The monoisotopic (exact) mass is 391 g/mol. The molecule has 0 saturated heterocycles. The first-order valence-corrected chi connectivity index (χ1v) is 8.39. The molecule has 0 aliphatic rings. The summed E-state index contributed by atoms with van der Waals surface area (Å²) in [5.74, 6) is 0. The van der Waals surface area contributed by atoms with Gasteiger partial charge in [0.15, 0.2) is 0 Å². The maximum Gasteiger partial charge on any atom is 0.283 e. The predicted octanol–water partition coefficient (Wildman–Crippen LogP) is 4.56. The Morgan fingerprint density at radius 3 is 2.40 bits per heavy atom. The minimum atomic E-state index is -3.77. The van der Waals surface area contributed by atoms with Crippen LogP contribution in [0.3, 0.4) is 0 Å². The number of benzene rings is 2. The van der Waals surface area contributed by atoms with Crippen molar-refractivity contribution in [2.75, 3.05) is 0 Å². The van der Waals surface area contributed by atoms with Crippen LogP contribution in [0, 0.1) is 0 Å². The van der Waals surface area contributed by atoms with E-state index in [1.807, 2.05) is 0 Å². The lowest BCUT2D eigenvalue weighted by atomic mass is 10.2. The zero-order chi connectivity index (χ0) is 14.8. The molecule has 0 aromatic heterocycles. The summed E-state index contributed by atoms with van der Waals surface area (Å²) in [5, 5.41) is 0.742. The van der Waals surface area contributed by atoms with E-state index in [9.17, 15) is 8.42 Å². The average molecular weight is 393 g/mol.